The van der Waals surface area contributed by atoms with E-state index in [1.165, 1.54) is 6.20 Å². The lowest BCUT2D eigenvalue weighted by Crippen LogP contribution is -2.44. The van der Waals surface area contributed by atoms with Gasteiger partial charge in [0.15, 0.2) is 0 Å². The first-order valence-corrected chi connectivity index (χ1v) is 7.05. The molecule has 1 heterocycles. The third-order valence-corrected chi connectivity index (χ3v) is 3.45. The maximum Gasteiger partial charge on any atom is 0.271 e. The topological polar surface area (TPSA) is 75.1 Å². The Balaban J connectivity index is 2.21. The van der Waals surface area contributed by atoms with Crippen molar-refractivity contribution in [2.75, 3.05) is 6.61 Å². The van der Waals surface area contributed by atoms with Gasteiger partial charge < -0.3 is 10.4 Å². The van der Waals surface area contributed by atoms with Crippen molar-refractivity contribution in [3.63, 3.8) is 0 Å². The Morgan fingerprint density at radius 2 is 1.95 bits per heavy atom. The number of aliphatic hydroxyl groups excluding tert-OH is 1. The summed E-state index contributed by atoms with van der Waals surface area (Å²) in [5, 5.41) is 12.1. The molecule has 0 bridgehead atoms. The van der Waals surface area contributed by atoms with Gasteiger partial charge in [-0.3, -0.25) is 9.78 Å². The Labute approximate surface area is 124 Å². The molecule has 1 amide bonds. The Hall–Kier alpha value is -2.01. The number of hydrogen-bond donors (Lipinski definition) is 2. The highest BCUT2D eigenvalue weighted by molar-refractivity contribution is 5.93. The molecule has 0 fully saturated rings. The van der Waals surface area contributed by atoms with E-state index in [0.717, 1.165) is 5.52 Å². The van der Waals surface area contributed by atoms with Crippen LogP contribution in [0.15, 0.2) is 30.5 Å². The van der Waals surface area contributed by atoms with Gasteiger partial charge in [-0.2, -0.15) is 0 Å². The molecule has 0 aliphatic carbocycles. The highest BCUT2D eigenvalue weighted by Crippen LogP contribution is 2.22. The molecule has 0 aliphatic heterocycles. The molecule has 5 nitrogen and oxygen atoms in total. The SMILES string of the molecule is CC(C)(C)C(CCO)NC(=O)c1cnc2ccccc2n1. The summed E-state index contributed by atoms with van der Waals surface area (Å²) in [5.41, 5.74) is 1.61. The maximum absolute atomic E-state index is 12.3. The number of benzene rings is 1. The van der Waals surface area contributed by atoms with Crippen LogP contribution < -0.4 is 5.32 Å². The van der Waals surface area contributed by atoms with Gasteiger partial charge in [-0.15, -0.1) is 0 Å². The zero-order valence-electron chi connectivity index (χ0n) is 12.6. The monoisotopic (exact) mass is 287 g/mol. The normalized spacial score (nSPS) is 13.1. The van der Waals surface area contributed by atoms with Crippen LogP contribution >= 0.6 is 0 Å². The second-order valence-corrected chi connectivity index (χ2v) is 6.15. The number of hydrogen-bond acceptors (Lipinski definition) is 4. The van der Waals surface area contributed by atoms with Gasteiger partial charge in [-0.1, -0.05) is 32.9 Å². The van der Waals surface area contributed by atoms with Crippen molar-refractivity contribution in [1.82, 2.24) is 15.3 Å². The van der Waals surface area contributed by atoms with Crippen LogP contribution in [0.3, 0.4) is 0 Å². The number of rotatable bonds is 4. The van der Waals surface area contributed by atoms with E-state index < -0.39 is 0 Å². The fraction of sp³-hybridized carbons (Fsp3) is 0.438. The van der Waals surface area contributed by atoms with Crippen LogP contribution in [0.1, 0.15) is 37.7 Å². The van der Waals surface area contributed by atoms with E-state index in [1.807, 2.05) is 45.0 Å². The van der Waals surface area contributed by atoms with Gasteiger partial charge in [0.2, 0.25) is 0 Å². The number of carbonyl (C=O) groups excluding carboxylic acids is 1. The molecule has 2 aromatic rings. The number of nitrogens with one attached hydrogen (secondary N) is 1. The second kappa shape index (κ2) is 6.18. The van der Waals surface area contributed by atoms with E-state index in [1.54, 1.807) is 0 Å². The van der Waals surface area contributed by atoms with Gasteiger partial charge in [-0.05, 0) is 24.0 Å². The van der Waals surface area contributed by atoms with Crippen molar-refractivity contribution in [1.29, 1.82) is 0 Å². The zero-order chi connectivity index (χ0) is 15.5. The summed E-state index contributed by atoms with van der Waals surface area (Å²) in [5.74, 6) is -0.262. The summed E-state index contributed by atoms with van der Waals surface area (Å²) >= 11 is 0. The predicted molar refractivity (Wildman–Crippen MR) is 82.0 cm³/mol. The number of aliphatic hydroxyl groups is 1. The fourth-order valence-corrected chi connectivity index (χ4v) is 2.15. The Bertz CT molecular complexity index is 635. The molecular formula is C16H21N3O2. The van der Waals surface area contributed by atoms with Crippen LogP contribution in [-0.4, -0.2) is 33.6 Å². The first kappa shape index (κ1) is 15.4. The lowest BCUT2D eigenvalue weighted by Gasteiger charge is -2.30. The van der Waals surface area contributed by atoms with Crippen molar-refractivity contribution >= 4 is 16.9 Å². The quantitative estimate of drug-likeness (QED) is 0.903. The van der Waals surface area contributed by atoms with Crippen LogP contribution in [0.2, 0.25) is 0 Å². The Kier molecular flexibility index (Phi) is 4.53. The molecule has 0 aliphatic rings. The molecule has 1 unspecified atom stereocenters. The fourth-order valence-electron chi connectivity index (χ4n) is 2.15. The number of nitrogens with zero attached hydrogens (tertiary/aromatic N) is 2. The van der Waals surface area contributed by atoms with Gasteiger partial charge in [-0.25, -0.2) is 4.98 Å². The van der Waals surface area contributed by atoms with Gasteiger partial charge in [0.25, 0.3) is 5.91 Å². The molecule has 21 heavy (non-hydrogen) atoms. The van der Waals surface area contributed by atoms with Crippen LogP contribution in [-0.2, 0) is 0 Å². The average Bonchev–Trinajstić information content (AvgIpc) is 2.45. The Morgan fingerprint density at radius 1 is 1.29 bits per heavy atom. The van der Waals surface area contributed by atoms with Gasteiger partial charge in [0.1, 0.15) is 5.69 Å². The van der Waals surface area contributed by atoms with Crippen molar-refractivity contribution in [3.05, 3.63) is 36.2 Å². The van der Waals surface area contributed by atoms with Crippen molar-refractivity contribution in [2.45, 2.75) is 33.2 Å². The van der Waals surface area contributed by atoms with E-state index in [-0.39, 0.29) is 24.0 Å². The van der Waals surface area contributed by atoms with E-state index in [2.05, 4.69) is 15.3 Å². The molecule has 2 N–H and O–H groups in total. The molecule has 5 heteroatoms. The van der Waals surface area contributed by atoms with E-state index in [0.29, 0.717) is 17.6 Å². The minimum absolute atomic E-state index is 0.0333. The molecule has 1 aromatic heterocycles. The largest absolute Gasteiger partial charge is 0.396 e. The highest BCUT2D eigenvalue weighted by atomic mass is 16.3. The third-order valence-electron chi connectivity index (χ3n) is 3.45. The predicted octanol–water partition coefficient (Wildman–Crippen LogP) is 2.16. The molecule has 0 radical (unpaired) electrons. The summed E-state index contributed by atoms with van der Waals surface area (Å²) in [7, 11) is 0. The van der Waals surface area contributed by atoms with E-state index >= 15 is 0 Å². The van der Waals surface area contributed by atoms with Crippen molar-refractivity contribution in [3.8, 4) is 0 Å². The van der Waals surface area contributed by atoms with Gasteiger partial charge in [0.05, 0.1) is 17.2 Å². The number of carbonyl (C=O) groups is 1. The summed E-state index contributed by atoms with van der Waals surface area (Å²) in [6.45, 7) is 6.12. The molecule has 0 saturated carbocycles. The van der Waals surface area contributed by atoms with Crippen LogP contribution in [0.4, 0.5) is 0 Å². The number of amides is 1. The lowest BCUT2D eigenvalue weighted by molar-refractivity contribution is 0.0880. The molecule has 0 saturated heterocycles. The van der Waals surface area contributed by atoms with Crippen LogP contribution in [0, 0.1) is 5.41 Å². The summed E-state index contributed by atoms with van der Waals surface area (Å²) in [6, 6.07) is 7.31. The summed E-state index contributed by atoms with van der Waals surface area (Å²) in [4.78, 5) is 20.9. The molecular weight excluding hydrogens is 266 g/mol. The first-order valence-electron chi connectivity index (χ1n) is 7.05. The minimum Gasteiger partial charge on any atom is -0.396 e. The van der Waals surface area contributed by atoms with Crippen LogP contribution in [0.25, 0.3) is 11.0 Å². The molecule has 112 valence electrons. The second-order valence-electron chi connectivity index (χ2n) is 6.15. The van der Waals surface area contributed by atoms with Gasteiger partial charge >= 0.3 is 0 Å². The van der Waals surface area contributed by atoms with Crippen LogP contribution in [0.5, 0.6) is 0 Å². The molecule has 1 atom stereocenters. The van der Waals surface area contributed by atoms with E-state index in [4.69, 9.17) is 5.11 Å². The minimum atomic E-state index is -0.262. The molecule has 0 spiro atoms. The number of para-hydroxylation sites is 2. The lowest BCUT2D eigenvalue weighted by atomic mass is 9.85. The molecule has 1 aromatic carbocycles. The Morgan fingerprint density at radius 3 is 2.57 bits per heavy atom. The molecule has 2 rings (SSSR count). The van der Waals surface area contributed by atoms with E-state index in [9.17, 15) is 4.79 Å². The average molecular weight is 287 g/mol. The highest BCUT2D eigenvalue weighted by Gasteiger charge is 2.26. The number of aromatic nitrogens is 2. The third kappa shape index (κ3) is 3.76. The number of fused-ring (bicyclic) bond motifs is 1. The van der Waals surface area contributed by atoms with Crippen molar-refractivity contribution in [2.24, 2.45) is 5.41 Å². The van der Waals surface area contributed by atoms with Crippen molar-refractivity contribution < 1.29 is 9.90 Å². The summed E-state index contributed by atoms with van der Waals surface area (Å²) < 4.78 is 0. The standard InChI is InChI=1S/C16H21N3O2/c1-16(2,3)14(8-9-20)19-15(21)13-10-17-11-6-4-5-7-12(11)18-13/h4-7,10,14,20H,8-9H2,1-3H3,(H,19,21). The maximum atomic E-state index is 12.3. The smallest absolute Gasteiger partial charge is 0.271 e. The summed E-state index contributed by atoms with van der Waals surface area (Å²) in [6.07, 6.45) is 1.99. The zero-order valence-corrected chi connectivity index (χ0v) is 12.6. The first-order chi connectivity index (χ1) is 9.91. The van der Waals surface area contributed by atoms with Gasteiger partial charge in [0, 0.05) is 12.6 Å².